The molecule has 24 heavy (non-hydrogen) atoms. The zero-order valence-electron chi connectivity index (χ0n) is 13.7. The van der Waals surface area contributed by atoms with E-state index in [2.05, 4.69) is 46.7 Å². The highest BCUT2D eigenvalue weighted by Crippen LogP contribution is 2.25. The van der Waals surface area contributed by atoms with Crippen molar-refractivity contribution < 1.29 is 0 Å². The number of thiazole rings is 1. The summed E-state index contributed by atoms with van der Waals surface area (Å²) in [5, 5.41) is 2.48. The Hall–Kier alpha value is -1.82. The molecule has 0 spiro atoms. The smallest absolute Gasteiger partial charge is 0.179 e. The lowest BCUT2D eigenvalue weighted by Gasteiger charge is -2.27. The standard InChI is InChI=1S/C16H19NS.C3H4N2S/c1-3-7-14(4-2)13-18-17-11-10-15-8-5-6-9-16(15)12-17;4-3-5-1-2-6-3/h3-9H,1-2,10-13H2;1-2H,(H2,4,5)/b14-7+;. The van der Waals surface area contributed by atoms with Crippen molar-refractivity contribution in [2.45, 2.75) is 13.0 Å². The monoisotopic (exact) mass is 357 g/mol. The van der Waals surface area contributed by atoms with Gasteiger partial charge in [-0.2, -0.15) is 0 Å². The molecule has 3 nitrogen and oxygen atoms in total. The number of allylic oxidation sites excluding steroid dienone is 3. The number of aromatic nitrogens is 1. The third-order valence-electron chi connectivity index (χ3n) is 3.55. The molecule has 0 atom stereocenters. The van der Waals surface area contributed by atoms with Crippen molar-refractivity contribution in [2.24, 2.45) is 0 Å². The molecule has 2 heterocycles. The van der Waals surface area contributed by atoms with E-state index in [4.69, 9.17) is 5.73 Å². The van der Waals surface area contributed by atoms with Crippen LogP contribution in [-0.2, 0) is 13.0 Å². The molecule has 1 aliphatic heterocycles. The molecule has 0 unspecified atom stereocenters. The summed E-state index contributed by atoms with van der Waals surface area (Å²) in [6.07, 6.45) is 8.59. The highest BCUT2D eigenvalue weighted by molar-refractivity contribution is 7.97. The first-order valence-corrected chi connectivity index (χ1v) is 9.58. The van der Waals surface area contributed by atoms with Crippen LogP contribution in [0.1, 0.15) is 11.1 Å². The maximum atomic E-state index is 5.19. The number of benzene rings is 1. The third kappa shape index (κ3) is 6.00. The second kappa shape index (κ2) is 10.1. The summed E-state index contributed by atoms with van der Waals surface area (Å²) >= 11 is 3.32. The lowest BCUT2D eigenvalue weighted by molar-refractivity contribution is 0.445. The Balaban J connectivity index is 0.000000292. The van der Waals surface area contributed by atoms with Gasteiger partial charge in [0, 0.05) is 30.4 Å². The van der Waals surface area contributed by atoms with Crippen molar-refractivity contribution >= 4 is 28.4 Å². The van der Waals surface area contributed by atoms with Crippen LogP contribution < -0.4 is 5.73 Å². The van der Waals surface area contributed by atoms with E-state index in [1.165, 1.54) is 28.0 Å². The van der Waals surface area contributed by atoms with Gasteiger partial charge in [-0.3, -0.25) is 0 Å². The minimum atomic E-state index is 0.634. The average Bonchev–Trinajstić information content (AvgIpc) is 3.10. The molecule has 1 aliphatic rings. The minimum absolute atomic E-state index is 0.634. The Morgan fingerprint density at radius 3 is 2.71 bits per heavy atom. The van der Waals surface area contributed by atoms with Crippen LogP contribution >= 0.6 is 23.3 Å². The van der Waals surface area contributed by atoms with Crippen molar-refractivity contribution in [3.05, 3.63) is 83.9 Å². The lowest BCUT2D eigenvalue weighted by Crippen LogP contribution is -2.25. The van der Waals surface area contributed by atoms with Crippen LogP contribution in [0, 0.1) is 0 Å². The maximum absolute atomic E-state index is 5.19. The number of nitrogen functional groups attached to an aromatic ring is 1. The Morgan fingerprint density at radius 1 is 1.33 bits per heavy atom. The largest absolute Gasteiger partial charge is 0.375 e. The van der Waals surface area contributed by atoms with Crippen LogP contribution in [0.15, 0.2) is 72.8 Å². The summed E-state index contributed by atoms with van der Waals surface area (Å²) in [6, 6.07) is 8.73. The number of fused-ring (bicyclic) bond motifs is 1. The van der Waals surface area contributed by atoms with Crippen LogP contribution in [0.3, 0.4) is 0 Å². The van der Waals surface area contributed by atoms with E-state index in [1.54, 1.807) is 6.20 Å². The van der Waals surface area contributed by atoms with Crippen LogP contribution in [0.5, 0.6) is 0 Å². The van der Waals surface area contributed by atoms with E-state index in [0.29, 0.717) is 5.13 Å². The summed E-state index contributed by atoms with van der Waals surface area (Å²) in [4.78, 5) is 3.71. The molecule has 0 bridgehead atoms. The maximum Gasteiger partial charge on any atom is 0.179 e. The summed E-state index contributed by atoms with van der Waals surface area (Å²) < 4.78 is 2.43. The van der Waals surface area contributed by atoms with Gasteiger partial charge in [-0.15, -0.1) is 11.3 Å². The fourth-order valence-electron chi connectivity index (χ4n) is 2.31. The lowest BCUT2D eigenvalue weighted by atomic mass is 10.0. The van der Waals surface area contributed by atoms with Gasteiger partial charge in [0.05, 0.1) is 0 Å². The summed E-state index contributed by atoms with van der Waals surface area (Å²) in [5.41, 5.74) is 9.38. The molecule has 0 aliphatic carbocycles. The molecule has 1 aromatic carbocycles. The van der Waals surface area contributed by atoms with Crippen molar-refractivity contribution in [3.8, 4) is 0 Å². The summed E-state index contributed by atoms with van der Waals surface area (Å²) in [6.45, 7) is 9.72. The normalized spacial score (nSPS) is 14.2. The molecular weight excluding hydrogens is 334 g/mol. The zero-order chi connectivity index (χ0) is 17.2. The van der Waals surface area contributed by atoms with Crippen molar-refractivity contribution in [1.82, 2.24) is 9.29 Å². The second-order valence-corrected chi connectivity index (χ2v) is 7.20. The second-order valence-electron chi connectivity index (χ2n) is 5.21. The third-order valence-corrected chi connectivity index (χ3v) is 5.30. The predicted octanol–water partition coefficient (Wildman–Crippen LogP) is 4.72. The van der Waals surface area contributed by atoms with Gasteiger partial charge in [-0.1, -0.05) is 67.6 Å². The average molecular weight is 358 g/mol. The van der Waals surface area contributed by atoms with Gasteiger partial charge in [0.25, 0.3) is 0 Å². The van der Waals surface area contributed by atoms with Crippen molar-refractivity contribution in [3.63, 3.8) is 0 Å². The number of hydrogen-bond donors (Lipinski definition) is 1. The number of nitrogens with two attached hydrogens (primary N) is 1. The molecule has 0 saturated heterocycles. The number of hydrogen-bond acceptors (Lipinski definition) is 5. The van der Waals surface area contributed by atoms with Crippen molar-refractivity contribution in [2.75, 3.05) is 18.0 Å². The molecule has 1 aromatic heterocycles. The van der Waals surface area contributed by atoms with Gasteiger partial charge in [-0.25, -0.2) is 9.29 Å². The van der Waals surface area contributed by atoms with E-state index in [1.807, 2.05) is 35.6 Å². The van der Waals surface area contributed by atoms with Gasteiger partial charge < -0.3 is 5.73 Å². The zero-order valence-corrected chi connectivity index (χ0v) is 15.4. The molecule has 0 saturated carbocycles. The molecule has 0 amide bonds. The molecule has 5 heteroatoms. The minimum Gasteiger partial charge on any atom is -0.375 e. The van der Waals surface area contributed by atoms with Gasteiger partial charge in [0.1, 0.15) is 0 Å². The quantitative estimate of drug-likeness (QED) is 0.621. The predicted molar refractivity (Wildman–Crippen MR) is 108 cm³/mol. The first-order chi connectivity index (χ1) is 11.7. The first-order valence-electron chi connectivity index (χ1n) is 7.76. The Bertz CT molecular complexity index is 678. The van der Waals surface area contributed by atoms with Gasteiger partial charge in [0.2, 0.25) is 0 Å². The van der Waals surface area contributed by atoms with Crippen LogP contribution in [0.25, 0.3) is 0 Å². The Labute approximate surface area is 152 Å². The summed E-state index contributed by atoms with van der Waals surface area (Å²) in [7, 11) is 0. The van der Waals surface area contributed by atoms with E-state index in [-0.39, 0.29) is 0 Å². The molecule has 0 radical (unpaired) electrons. The SMILES string of the molecule is C=C/C=C(\C=C)CSN1CCc2ccccc2C1.Nc1nccs1. The topological polar surface area (TPSA) is 42.1 Å². The highest BCUT2D eigenvalue weighted by atomic mass is 32.2. The van der Waals surface area contributed by atoms with Crippen LogP contribution in [0.2, 0.25) is 0 Å². The van der Waals surface area contributed by atoms with E-state index >= 15 is 0 Å². The molecule has 3 rings (SSSR count). The van der Waals surface area contributed by atoms with Crippen LogP contribution in [-0.4, -0.2) is 21.6 Å². The molecule has 2 aromatic rings. The highest BCUT2D eigenvalue weighted by Gasteiger charge is 2.15. The van der Waals surface area contributed by atoms with E-state index < -0.39 is 0 Å². The van der Waals surface area contributed by atoms with Gasteiger partial charge >= 0.3 is 0 Å². The molecular formula is C19H23N3S2. The number of nitrogens with zero attached hydrogens (tertiary/aromatic N) is 2. The molecule has 0 fully saturated rings. The Morgan fingerprint density at radius 2 is 2.12 bits per heavy atom. The fraction of sp³-hybridized carbons (Fsp3) is 0.211. The molecule has 126 valence electrons. The fourth-order valence-corrected chi connectivity index (χ4v) is 3.69. The number of rotatable bonds is 5. The van der Waals surface area contributed by atoms with Crippen LogP contribution in [0.4, 0.5) is 5.13 Å². The van der Waals surface area contributed by atoms with Gasteiger partial charge in [-0.05, 0) is 23.1 Å². The van der Waals surface area contributed by atoms with E-state index in [9.17, 15) is 0 Å². The van der Waals surface area contributed by atoms with Crippen molar-refractivity contribution in [1.29, 1.82) is 0 Å². The van der Waals surface area contributed by atoms with Gasteiger partial charge in [0.15, 0.2) is 5.13 Å². The number of anilines is 1. The Kier molecular flexibility index (Phi) is 7.82. The molecule has 2 N–H and O–H groups in total. The van der Waals surface area contributed by atoms with E-state index in [0.717, 1.165) is 25.3 Å². The summed E-state index contributed by atoms with van der Waals surface area (Å²) in [5.74, 6) is 0.970. The first kappa shape index (κ1) is 18.5.